The van der Waals surface area contributed by atoms with Crippen molar-refractivity contribution in [2.75, 3.05) is 20.3 Å². The van der Waals surface area contributed by atoms with Crippen molar-refractivity contribution in [3.05, 3.63) is 0 Å². The van der Waals surface area contributed by atoms with Crippen LogP contribution in [0.5, 0.6) is 0 Å². The lowest BCUT2D eigenvalue weighted by molar-refractivity contribution is 0.0846. The van der Waals surface area contributed by atoms with Gasteiger partial charge >= 0.3 is 0 Å². The highest BCUT2D eigenvalue weighted by atomic mass is 16.5. The number of aliphatic hydroxyl groups excluding tert-OH is 1. The summed E-state index contributed by atoms with van der Waals surface area (Å²) >= 11 is 0. The van der Waals surface area contributed by atoms with Crippen LogP contribution < -0.4 is 5.32 Å². The van der Waals surface area contributed by atoms with Crippen molar-refractivity contribution in [1.82, 2.24) is 5.32 Å². The van der Waals surface area contributed by atoms with Crippen LogP contribution in [0.25, 0.3) is 0 Å². The largest absolute Gasteiger partial charge is 0.392 e. The van der Waals surface area contributed by atoms with Crippen molar-refractivity contribution in [2.45, 2.75) is 44.8 Å². The Balaban J connectivity index is 2.15. The standard InChI is InChI=1S/C11H23NO2/c1-9(8-14-2)7-12-10-5-3-4-6-11(10)13/h9-13H,3-8H2,1-2H3/t9?,10-,11-/m1/s1. The maximum absolute atomic E-state index is 9.72. The molecule has 0 bridgehead atoms. The lowest BCUT2D eigenvalue weighted by Crippen LogP contribution is -2.44. The van der Waals surface area contributed by atoms with Crippen LogP contribution in [0.15, 0.2) is 0 Å². The van der Waals surface area contributed by atoms with Crippen LogP contribution in [0.3, 0.4) is 0 Å². The first-order valence-electron chi connectivity index (χ1n) is 5.64. The third-order valence-corrected chi connectivity index (χ3v) is 2.91. The van der Waals surface area contributed by atoms with Crippen LogP contribution >= 0.6 is 0 Å². The molecule has 0 amide bonds. The minimum Gasteiger partial charge on any atom is -0.392 e. The predicted octanol–water partition coefficient (Wildman–Crippen LogP) is 1.16. The van der Waals surface area contributed by atoms with Gasteiger partial charge in [0, 0.05) is 26.3 Å². The first kappa shape index (κ1) is 12.0. The zero-order valence-corrected chi connectivity index (χ0v) is 9.33. The van der Waals surface area contributed by atoms with E-state index in [1.807, 2.05) is 0 Å². The summed E-state index contributed by atoms with van der Waals surface area (Å²) in [5.41, 5.74) is 0. The monoisotopic (exact) mass is 201 g/mol. The molecular weight excluding hydrogens is 178 g/mol. The van der Waals surface area contributed by atoms with Gasteiger partial charge in [-0.15, -0.1) is 0 Å². The molecule has 1 fully saturated rings. The fourth-order valence-electron chi connectivity index (χ4n) is 2.05. The van der Waals surface area contributed by atoms with Crippen LogP contribution in [0, 0.1) is 5.92 Å². The van der Waals surface area contributed by atoms with Crippen LogP contribution in [0.4, 0.5) is 0 Å². The van der Waals surface area contributed by atoms with E-state index >= 15 is 0 Å². The Labute approximate surface area is 86.8 Å². The summed E-state index contributed by atoms with van der Waals surface area (Å²) < 4.78 is 5.07. The van der Waals surface area contributed by atoms with Gasteiger partial charge < -0.3 is 15.2 Å². The van der Waals surface area contributed by atoms with Gasteiger partial charge in [-0.25, -0.2) is 0 Å². The van der Waals surface area contributed by atoms with E-state index in [-0.39, 0.29) is 6.10 Å². The molecule has 1 saturated carbocycles. The molecule has 2 N–H and O–H groups in total. The first-order valence-corrected chi connectivity index (χ1v) is 5.64. The van der Waals surface area contributed by atoms with Gasteiger partial charge in [-0.2, -0.15) is 0 Å². The summed E-state index contributed by atoms with van der Waals surface area (Å²) in [7, 11) is 1.73. The Morgan fingerprint density at radius 2 is 2.14 bits per heavy atom. The molecule has 1 unspecified atom stereocenters. The minimum atomic E-state index is -0.140. The van der Waals surface area contributed by atoms with E-state index in [4.69, 9.17) is 4.74 Å². The smallest absolute Gasteiger partial charge is 0.0693 e. The van der Waals surface area contributed by atoms with Gasteiger partial charge in [-0.05, 0) is 18.8 Å². The summed E-state index contributed by atoms with van der Waals surface area (Å²) in [6.07, 6.45) is 4.34. The number of hydrogen-bond donors (Lipinski definition) is 2. The molecule has 0 aliphatic heterocycles. The third kappa shape index (κ3) is 3.95. The van der Waals surface area contributed by atoms with Crippen molar-refractivity contribution in [3.63, 3.8) is 0 Å². The van der Waals surface area contributed by atoms with Crippen LogP contribution in [-0.4, -0.2) is 37.5 Å². The summed E-state index contributed by atoms with van der Waals surface area (Å²) in [5, 5.41) is 13.1. The van der Waals surface area contributed by atoms with Gasteiger partial charge in [0.05, 0.1) is 6.10 Å². The van der Waals surface area contributed by atoms with Crippen LogP contribution in [-0.2, 0) is 4.74 Å². The fourth-order valence-corrected chi connectivity index (χ4v) is 2.05. The quantitative estimate of drug-likeness (QED) is 0.701. The number of ether oxygens (including phenoxy) is 1. The van der Waals surface area contributed by atoms with E-state index in [9.17, 15) is 5.11 Å². The van der Waals surface area contributed by atoms with E-state index < -0.39 is 0 Å². The molecular formula is C11H23NO2. The van der Waals surface area contributed by atoms with E-state index in [2.05, 4.69) is 12.2 Å². The Bertz CT molecular complexity index is 152. The highest BCUT2D eigenvalue weighted by molar-refractivity contribution is 4.80. The zero-order chi connectivity index (χ0) is 10.4. The predicted molar refractivity (Wildman–Crippen MR) is 57.3 cm³/mol. The molecule has 3 atom stereocenters. The molecule has 3 nitrogen and oxygen atoms in total. The Morgan fingerprint density at radius 1 is 1.43 bits per heavy atom. The first-order chi connectivity index (χ1) is 6.74. The molecule has 0 heterocycles. The van der Waals surface area contributed by atoms with E-state index in [0.717, 1.165) is 26.0 Å². The number of hydrogen-bond acceptors (Lipinski definition) is 3. The minimum absolute atomic E-state index is 0.140. The molecule has 1 aliphatic rings. The van der Waals surface area contributed by atoms with Crippen molar-refractivity contribution in [1.29, 1.82) is 0 Å². The van der Waals surface area contributed by atoms with Gasteiger partial charge in [0.1, 0.15) is 0 Å². The van der Waals surface area contributed by atoms with E-state index in [1.54, 1.807) is 7.11 Å². The molecule has 14 heavy (non-hydrogen) atoms. The Morgan fingerprint density at radius 3 is 2.79 bits per heavy atom. The third-order valence-electron chi connectivity index (χ3n) is 2.91. The average molecular weight is 201 g/mol. The maximum atomic E-state index is 9.72. The van der Waals surface area contributed by atoms with Gasteiger partial charge in [0.25, 0.3) is 0 Å². The summed E-state index contributed by atoms with van der Waals surface area (Å²) in [6.45, 7) is 3.89. The summed E-state index contributed by atoms with van der Waals surface area (Å²) in [6, 6.07) is 0.308. The molecule has 1 rings (SSSR count). The zero-order valence-electron chi connectivity index (χ0n) is 9.33. The lowest BCUT2D eigenvalue weighted by Gasteiger charge is -2.29. The second-order valence-electron chi connectivity index (χ2n) is 4.43. The van der Waals surface area contributed by atoms with Gasteiger partial charge in [-0.3, -0.25) is 0 Å². The highest BCUT2D eigenvalue weighted by Crippen LogP contribution is 2.18. The highest BCUT2D eigenvalue weighted by Gasteiger charge is 2.22. The van der Waals surface area contributed by atoms with Crippen molar-refractivity contribution >= 4 is 0 Å². The second kappa shape index (κ2) is 6.38. The van der Waals surface area contributed by atoms with Crippen LogP contribution in [0.2, 0.25) is 0 Å². The van der Waals surface area contributed by atoms with Gasteiger partial charge in [-0.1, -0.05) is 19.8 Å². The molecule has 84 valence electrons. The molecule has 0 spiro atoms. The topological polar surface area (TPSA) is 41.5 Å². The Hall–Kier alpha value is -0.120. The van der Waals surface area contributed by atoms with Crippen LogP contribution in [0.1, 0.15) is 32.6 Å². The van der Waals surface area contributed by atoms with Crippen molar-refractivity contribution < 1.29 is 9.84 Å². The molecule has 0 aromatic carbocycles. The molecule has 1 aliphatic carbocycles. The lowest BCUT2D eigenvalue weighted by atomic mass is 9.92. The number of aliphatic hydroxyl groups is 1. The van der Waals surface area contributed by atoms with Crippen molar-refractivity contribution in [2.24, 2.45) is 5.92 Å². The Kier molecular flexibility index (Phi) is 5.45. The molecule has 0 radical (unpaired) electrons. The SMILES string of the molecule is COCC(C)CN[C@@H]1CCCC[C@H]1O. The number of nitrogens with one attached hydrogen (secondary N) is 1. The number of rotatable bonds is 5. The second-order valence-corrected chi connectivity index (χ2v) is 4.43. The molecule has 0 saturated heterocycles. The number of methoxy groups -OCH3 is 1. The molecule has 0 aromatic heterocycles. The van der Waals surface area contributed by atoms with E-state index in [0.29, 0.717) is 12.0 Å². The van der Waals surface area contributed by atoms with Crippen molar-refractivity contribution in [3.8, 4) is 0 Å². The molecule has 0 aromatic rings. The summed E-state index contributed by atoms with van der Waals surface area (Å²) in [4.78, 5) is 0. The summed E-state index contributed by atoms with van der Waals surface area (Å²) in [5.74, 6) is 0.522. The van der Waals surface area contributed by atoms with Gasteiger partial charge in [0.15, 0.2) is 0 Å². The van der Waals surface area contributed by atoms with E-state index in [1.165, 1.54) is 12.8 Å². The molecule has 3 heteroatoms. The maximum Gasteiger partial charge on any atom is 0.0693 e. The fraction of sp³-hybridized carbons (Fsp3) is 1.00. The normalized spacial score (nSPS) is 30.2. The average Bonchev–Trinajstić information content (AvgIpc) is 2.17. The van der Waals surface area contributed by atoms with Gasteiger partial charge in [0.2, 0.25) is 0 Å².